The van der Waals surface area contributed by atoms with E-state index in [1.165, 1.54) is 4.90 Å². The highest BCUT2D eigenvalue weighted by atomic mass is 35.5. The van der Waals surface area contributed by atoms with Crippen LogP contribution in [0.25, 0.3) is 17.0 Å². The molecule has 3 amide bonds. The topological polar surface area (TPSA) is 62.6 Å². The highest BCUT2D eigenvalue weighted by Gasteiger charge is 2.35. The highest BCUT2D eigenvalue weighted by Crippen LogP contribution is 2.35. The van der Waals surface area contributed by atoms with Crippen LogP contribution in [-0.4, -0.2) is 44.5 Å². The van der Waals surface area contributed by atoms with Crippen LogP contribution < -0.4 is 0 Å². The Bertz CT molecular complexity index is 1250. The largest absolute Gasteiger partial charge is 0.342 e. The second-order valence-electron chi connectivity index (χ2n) is 7.69. The van der Waals surface area contributed by atoms with Gasteiger partial charge in [-0.15, -0.1) is 0 Å². The van der Waals surface area contributed by atoms with Gasteiger partial charge < -0.3 is 9.47 Å². The maximum Gasteiger partial charge on any atom is 0.293 e. The minimum absolute atomic E-state index is 0.0376. The highest BCUT2D eigenvalue weighted by molar-refractivity contribution is 8.18. The average Bonchev–Trinajstić information content (AvgIpc) is 3.28. The zero-order valence-corrected chi connectivity index (χ0v) is 20.0. The minimum Gasteiger partial charge on any atom is -0.342 e. The van der Waals surface area contributed by atoms with Gasteiger partial charge in [-0.25, -0.2) is 0 Å². The fraction of sp³-hybridized carbons (Fsp3) is 0.240. The number of para-hydroxylation sites is 1. The number of imide groups is 1. The molecule has 2 heterocycles. The summed E-state index contributed by atoms with van der Waals surface area (Å²) in [6.07, 6.45) is 3.62. The number of thioether (sulfide) groups is 1. The first-order valence-corrected chi connectivity index (χ1v) is 12.0. The number of benzene rings is 2. The molecule has 1 aliphatic rings. The van der Waals surface area contributed by atoms with E-state index < -0.39 is 0 Å². The Morgan fingerprint density at radius 1 is 1.06 bits per heavy atom. The monoisotopic (exact) mass is 481 g/mol. The quantitative estimate of drug-likeness (QED) is 0.424. The lowest BCUT2D eigenvalue weighted by Gasteiger charge is -2.19. The van der Waals surface area contributed by atoms with Gasteiger partial charge in [0.15, 0.2) is 0 Å². The van der Waals surface area contributed by atoms with Gasteiger partial charge in [0.2, 0.25) is 5.91 Å². The lowest BCUT2D eigenvalue weighted by Crippen LogP contribution is -2.33. The Morgan fingerprint density at radius 2 is 1.76 bits per heavy atom. The van der Waals surface area contributed by atoms with Crippen LogP contribution in [0.15, 0.2) is 59.6 Å². The summed E-state index contributed by atoms with van der Waals surface area (Å²) in [6.45, 7) is 5.64. The molecule has 0 atom stereocenters. The second-order valence-corrected chi connectivity index (χ2v) is 9.12. The molecule has 0 aliphatic carbocycles. The molecule has 0 N–H and O–H groups in total. The smallest absolute Gasteiger partial charge is 0.293 e. The van der Waals surface area contributed by atoms with Gasteiger partial charge in [0.25, 0.3) is 11.1 Å². The summed E-state index contributed by atoms with van der Waals surface area (Å²) in [7, 11) is 0. The van der Waals surface area contributed by atoms with Crippen LogP contribution in [0.3, 0.4) is 0 Å². The van der Waals surface area contributed by atoms with Gasteiger partial charge in [0.1, 0.15) is 6.54 Å². The lowest BCUT2D eigenvalue weighted by molar-refractivity contribution is -0.131. The molecule has 8 heteroatoms. The molecule has 3 aromatic rings. The fourth-order valence-electron chi connectivity index (χ4n) is 3.89. The molecule has 1 fully saturated rings. The van der Waals surface area contributed by atoms with Crippen LogP contribution in [-0.2, 0) is 22.7 Å². The molecule has 0 saturated carbocycles. The Hall–Kier alpha value is -3.03. The number of rotatable bonds is 7. The second kappa shape index (κ2) is 9.85. The molecule has 33 heavy (non-hydrogen) atoms. The molecular weight excluding hydrogens is 458 g/mol. The molecule has 1 aromatic heterocycles. The molecule has 0 bridgehead atoms. The van der Waals surface area contributed by atoms with Crippen molar-refractivity contribution in [1.29, 1.82) is 0 Å². The van der Waals surface area contributed by atoms with E-state index in [4.69, 9.17) is 11.6 Å². The van der Waals surface area contributed by atoms with E-state index in [0.29, 0.717) is 23.0 Å². The average molecular weight is 482 g/mol. The van der Waals surface area contributed by atoms with Gasteiger partial charge in [-0.3, -0.25) is 19.3 Å². The van der Waals surface area contributed by atoms with Crippen molar-refractivity contribution in [2.24, 2.45) is 0 Å². The van der Waals surface area contributed by atoms with Gasteiger partial charge >= 0.3 is 0 Å². The SMILES string of the molecule is CCN(CC)C(=O)Cn1cc(/C=C2\SC(=O)N(Cc3ccc(Cl)cc3)C2=O)c2ccccc21. The first kappa shape index (κ1) is 23.1. The van der Waals surface area contributed by atoms with Crippen molar-refractivity contribution in [3.63, 3.8) is 0 Å². The summed E-state index contributed by atoms with van der Waals surface area (Å²) in [5.74, 6) is -0.286. The van der Waals surface area contributed by atoms with E-state index in [1.807, 2.05) is 48.9 Å². The summed E-state index contributed by atoms with van der Waals surface area (Å²) < 4.78 is 1.90. The Labute approximate surface area is 201 Å². The van der Waals surface area contributed by atoms with Crippen LogP contribution in [0.4, 0.5) is 4.79 Å². The summed E-state index contributed by atoms with van der Waals surface area (Å²) in [6, 6.07) is 14.8. The first-order chi connectivity index (χ1) is 15.9. The number of aromatic nitrogens is 1. The molecule has 1 aliphatic heterocycles. The molecule has 6 nitrogen and oxygen atoms in total. The third-order valence-corrected chi connectivity index (χ3v) is 6.81. The van der Waals surface area contributed by atoms with Crippen LogP contribution in [0, 0.1) is 0 Å². The van der Waals surface area contributed by atoms with Gasteiger partial charge in [-0.1, -0.05) is 41.9 Å². The number of likely N-dealkylation sites (N-methyl/N-ethyl adjacent to an activating group) is 1. The van der Waals surface area contributed by atoms with E-state index in [1.54, 1.807) is 35.2 Å². The standard InChI is InChI=1S/C25H24ClN3O3S/c1-3-27(4-2)23(30)16-28-15-18(20-7-5-6-8-21(20)28)13-22-24(31)29(25(32)33-22)14-17-9-11-19(26)12-10-17/h5-13,15H,3-4,14,16H2,1-2H3/b22-13-. The number of nitrogens with zero attached hydrogens (tertiary/aromatic N) is 3. The fourth-order valence-corrected chi connectivity index (χ4v) is 4.85. The van der Waals surface area contributed by atoms with E-state index in [2.05, 4.69) is 0 Å². The number of halogens is 1. The normalized spacial score (nSPS) is 15.1. The molecule has 0 spiro atoms. The number of amides is 3. The summed E-state index contributed by atoms with van der Waals surface area (Å²) >= 11 is 6.86. The Kier molecular flexibility index (Phi) is 6.91. The Morgan fingerprint density at radius 3 is 2.45 bits per heavy atom. The molecule has 0 unspecified atom stereocenters. The summed E-state index contributed by atoms with van der Waals surface area (Å²) in [4.78, 5) is 41.6. The van der Waals surface area contributed by atoms with Crippen LogP contribution in [0.1, 0.15) is 25.0 Å². The number of hydrogen-bond acceptors (Lipinski definition) is 4. The summed E-state index contributed by atoms with van der Waals surface area (Å²) in [5, 5.41) is 1.22. The predicted molar refractivity (Wildman–Crippen MR) is 133 cm³/mol. The third kappa shape index (κ3) is 4.84. The van der Waals surface area contributed by atoms with Gasteiger partial charge in [0, 0.05) is 40.8 Å². The van der Waals surface area contributed by atoms with Crippen molar-refractivity contribution < 1.29 is 14.4 Å². The number of carbonyl (C=O) groups is 3. The van der Waals surface area contributed by atoms with Crippen molar-refractivity contribution in [3.8, 4) is 0 Å². The van der Waals surface area contributed by atoms with Gasteiger partial charge in [-0.2, -0.15) is 0 Å². The van der Waals surface area contributed by atoms with Crippen LogP contribution in [0.5, 0.6) is 0 Å². The van der Waals surface area contributed by atoms with E-state index in [9.17, 15) is 14.4 Å². The molecule has 170 valence electrons. The molecule has 0 radical (unpaired) electrons. The van der Waals surface area contributed by atoms with Crippen LogP contribution in [0.2, 0.25) is 5.02 Å². The lowest BCUT2D eigenvalue weighted by atomic mass is 10.1. The third-order valence-electron chi connectivity index (χ3n) is 5.66. The van der Waals surface area contributed by atoms with Crippen molar-refractivity contribution in [3.05, 3.63) is 75.8 Å². The van der Waals surface area contributed by atoms with E-state index in [-0.39, 0.29) is 30.1 Å². The maximum absolute atomic E-state index is 13.0. The first-order valence-electron chi connectivity index (χ1n) is 10.8. The number of hydrogen-bond donors (Lipinski definition) is 0. The zero-order valence-electron chi connectivity index (χ0n) is 18.5. The van der Waals surface area contributed by atoms with Crippen LogP contribution >= 0.6 is 23.4 Å². The molecule has 4 rings (SSSR count). The van der Waals surface area contributed by atoms with Gasteiger partial charge in [-0.05, 0) is 55.4 Å². The maximum atomic E-state index is 13.0. The predicted octanol–water partition coefficient (Wildman–Crippen LogP) is 5.40. The molecule has 1 saturated heterocycles. The molecular formula is C25H24ClN3O3S. The van der Waals surface area contributed by atoms with E-state index >= 15 is 0 Å². The van der Waals surface area contributed by atoms with Crippen molar-refractivity contribution in [1.82, 2.24) is 14.4 Å². The number of carbonyl (C=O) groups excluding carboxylic acids is 3. The van der Waals surface area contributed by atoms with Gasteiger partial charge in [0.05, 0.1) is 11.4 Å². The molecule has 2 aromatic carbocycles. The van der Waals surface area contributed by atoms with E-state index in [0.717, 1.165) is 33.8 Å². The summed E-state index contributed by atoms with van der Waals surface area (Å²) in [5.41, 5.74) is 2.54. The Balaban J connectivity index is 1.62. The van der Waals surface area contributed by atoms with Crippen molar-refractivity contribution in [2.45, 2.75) is 26.9 Å². The zero-order chi connectivity index (χ0) is 23.5. The van der Waals surface area contributed by atoms with Crippen molar-refractivity contribution >= 4 is 57.4 Å². The number of fused-ring (bicyclic) bond motifs is 1. The van der Waals surface area contributed by atoms with Crippen molar-refractivity contribution in [2.75, 3.05) is 13.1 Å². The minimum atomic E-state index is -0.323.